The Kier molecular flexibility index (Phi) is 5.51. The van der Waals surface area contributed by atoms with Crippen LogP contribution in [0.3, 0.4) is 0 Å². The summed E-state index contributed by atoms with van der Waals surface area (Å²) in [6, 6.07) is 0. The van der Waals surface area contributed by atoms with Crippen molar-refractivity contribution < 1.29 is 4.79 Å². The second-order valence-electron chi connectivity index (χ2n) is 3.87. The van der Waals surface area contributed by atoms with E-state index < -0.39 is 0 Å². The molecule has 2 heteroatoms. The molecule has 0 bridgehead atoms. The lowest BCUT2D eigenvalue weighted by molar-refractivity contribution is -0.120. The quantitative estimate of drug-likeness (QED) is 0.720. The minimum Gasteiger partial charge on any atom is -0.330 e. The molecule has 2 nitrogen and oxygen atoms in total. The van der Waals surface area contributed by atoms with Crippen LogP contribution < -0.4 is 5.32 Å². The zero-order chi connectivity index (χ0) is 11.2. The Bertz CT molecular complexity index is 214. The van der Waals surface area contributed by atoms with Crippen molar-refractivity contribution in [1.82, 2.24) is 5.32 Å². The predicted molar refractivity (Wildman–Crippen MR) is 60.9 cm³/mol. The third kappa shape index (κ3) is 3.17. The summed E-state index contributed by atoms with van der Waals surface area (Å²) < 4.78 is 0. The van der Waals surface area contributed by atoms with Crippen molar-refractivity contribution in [2.24, 2.45) is 5.41 Å². The molecular weight excluding hydrogens is 174 g/mol. The smallest absolute Gasteiger partial charge is 0.223 e. The minimum atomic E-state index is 0.103. The number of nitrogens with one attached hydrogen (secondary N) is 1. The topological polar surface area (TPSA) is 29.1 Å². The monoisotopic (exact) mass is 197 g/mol. The largest absolute Gasteiger partial charge is 0.330 e. The van der Waals surface area contributed by atoms with Gasteiger partial charge >= 0.3 is 0 Å². The number of hydrogen-bond acceptors (Lipinski definition) is 1. The fourth-order valence-corrected chi connectivity index (χ4v) is 1.44. The van der Waals surface area contributed by atoms with E-state index in [0.717, 1.165) is 18.5 Å². The Hall–Kier alpha value is -0.790. The van der Waals surface area contributed by atoms with E-state index in [9.17, 15) is 4.79 Å². The van der Waals surface area contributed by atoms with Crippen LogP contribution in [0.4, 0.5) is 0 Å². The second-order valence-corrected chi connectivity index (χ2v) is 3.87. The highest BCUT2D eigenvalue weighted by Gasteiger charge is 2.25. The zero-order valence-corrected chi connectivity index (χ0v) is 10.1. The molecule has 1 N–H and O–H groups in total. The SMILES string of the molecule is C/C=C(/NC(=O)CC)C(C)(CC)CC. The standard InChI is InChI=1S/C12H23NO/c1-6-10(13-11(14)7-2)12(5,8-3)9-4/h6H,7-9H2,1-5H3,(H,13,14)/b10-6+. The normalized spacial score (nSPS) is 12.8. The van der Waals surface area contributed by atoms with Crippen LogP contribution in [0.2, 0.25) is 0 Å². The van der Waals surface area contributed by atoms with Gasteiger partial charge in [0.15, 0.2) is 0 Å². The molecule has 0 fully saturated rings. The maximum atomic E-state index is 11.3. The van der Waals surface area contributed by atoms with E-state index in [1.165, 1.54) is 0 Å². The van der Waals surface area contributed by atoms with Crippen LogP contribution in [0, 0.1) is 5.41 Å². The summed E-state index contributed by atoms with van der Waals surface area (Å²) in [7, 11) is 0. The summed E-state index contributed by atoms with van der Waals surface area (Å²) in [6.07, 6.45) is 4.65. The van der Waals surface area contributed by atoms with Crippen LogP contribution in [0.1, 0.15) is 53.9 Å². The molecule has 0 radical (unpaired) electrons. The lowest BCUT2D eigenvalue weighted by Crippen LogP contribution is -2.32. The maximum absolute atomic E-state index is 11.3. The molecule has 1 amide bonds. The van der Waals surface area contributed by atoms with Gasteiger partial charge in [-0.25, -0.2) is 0 Å². The van der Waals surface area contributed by atoms with E-state index >= 15 is 0 Å². The number of hydrogen-bond donors (Lipinski definition) is 1. The molecule has 0 aliphatic heterocycles. The summed E-state index contributed by atoms with van der Waals surface area (Å²) in [5.74, 6) is 0.103. The highest BCUT2D eigenvalue weighted by molar-refractivity contribution is 5.77. The summed E-state index contributed by atoms with van der Waals surface area (Å²) in [5.41, 5.74) is 1.17. The minimum absolute atomic E-state index is 0.103. The molecule has 0 saturated carbocycles. The van der Waals surface area contributed by atoms with E-state index in [-0.39, 0.29) is 11.3 Å². The van der Waals surface area contributed by atoms with Gasteiger partial charge in [-0.05, 0) is 19.8 Å². The average molecular weight is 197 g/mol. The highest BCUT2D eigenvalue weighted by Crippen LogP contribution is 2.32. The molecule has 14 heavy (non-hydrogen) atoms. The first-order valence-corrected chi connectivity index (χ1v) is 5.50. The van der Waals surface area contributed by atoms with Gasteiger partial charge in [-0.15, -0.1) is 0 Å². The van der Waals surface area contributed by atoms with Crippen LogP contribution in [-0.2, 0) is 4.79 Å². The van der Waals surface area contributed by atoms with Gasteiger partial charge in [-0.2, -0.15) is 0 Å². The Morgan fingerprint density at radius 3 is 2.07 bits per heavy atom. The lowest BCUT2D eigenvalue weighted by atomic mass is 9.81. The lowest BCUT2D eigenvalue weighted by Gasteiger charge is -2.30. The fraction of sp³-hybridized carbons (Fsp3) is 0.750. The van der Waals surface area contributed by atoms with Crippen molar-refractivity contribution in [1.29, 1.82) is 0 Å². The number of amides is 1. The van der Waals surface area contributed by atoms with E-state index in [2.05, 4.69) is 26.1 Å². The summed E-state index contributed by atoms with van der Waals surface area (Å²) in [4.78, 5) is 11.3. The van der Waals surface area contributed by atoms with Gasteiger partial charge in [0.1, 0.15) is 0 Å². The van der Waals surface area contributed by atoms with E-state index in [4.69, 9.17) is 0 Å². The van der Waals surface area contributed by atoms with Crippen molar-refractivity contribution in [2.75, 3.05) is 0 Å². The Morgan fingerprint density at radius 2 is 1.79 bits per heavy atom. The average Bonchev–Trinajstić information content (AvgIpc) is 2.24. The van der Waals surface area contributed by atoms with Crippen LogP contribution in [0.5, 0.6) is 0 Å². The van der Waals surface area contributed by atoms with Crippen LogP contribution in [0.25, 0.3) is 0 Å². The van der Waals surface area contributed by atoms with Gasteiger partial charge in [-0.1, -0.05) is 33.8 Å². The number of allylic oxidation sites excluding steroid dienone is 2. The number of carbonyl (C=O) groups excluding carboxylic acids is 1. The summed E-state index contributed by atoms with van der Waals surface area (Å²) in [6.45, 7) is 10.4. The molecule has 0 rings (SSSR count). The van der Waals surface area contributed by atoms with E-state index in [1.807, 2.05) is 19.9 Å². The molecule has 0 aromatic heterocycles. The van der Waals surface area contributed by atoms with E-state index in [0.29, 0.717) is 6.42 Å². The first-order valence-electron chi connectivity index (χ1n) is 5.50. The van der Waals surface area contributed by atoms with Gasteiger partial charge < -0.3 is 5.32 Å². The molecule has 0 saturated heterocycles. The molecule has 82 valence electrons. The predicted octanol–water partition coefficient (Wildman–Crippen LogP) is 3.24. The van der Waals surface area contributed by atoms with Crippen molar-refractivity contribution in [3.05, 3.63) is 11.8 Å². The van der Waals surface area contributed by atoms with Gasteiger partial charge in [0.25, 0.3) is 0 Å². The van der Waals surface area contributed by atoms with Gasteiger partial charge in [0.2, 0.25) is 5.91 Å². The van der Waals surface area contributed by atoms with Gasteiger partial charge in [-0.3, -0.25) is 4.79 Å². The van der Waals surface area contributed by atoms with Crippen LogP contribution in [-0.4, -0.2) is 5.91 Å². The molecule has 0 aliphatic rings. The number of carbonyl (C=O) groups is 1. The maximum Gasteiger partial charge on any atom is 0.223 e. The molecule has 0 aliphatic carbocycles. The molecule has 0 aromatic carbocycles. The van der Waals surface area contributed by atoms with Crippen molar-refractivity contribution >= 4 is 5.91 Å². The zero-order valence-electron chi connectivity index (χ0n) is 10.1. The first kappa shape index (κ1) is 13.2. The van der Waals surface area contributed by atoms with Gasteiger partial charge in [0, 0.05) is 17.5 Å². The summed E-state index contributed by atoms with van der Waals surface area (Å²) >= 11 is 0. The molecule has 0 atom stereocenters. The molecule has 0 unspecified atom stereocenters. The Labute approximate surface area is 87.8 Å². The van der Waals surface area contributed by atoms with Gasteiger partial charge in [0.05, 0.1) is 0 Å². The van der Waals surface area contributed by atoms with Crippen molar-refractivity contribution in [3.63, 3.8) is 0 Å². The van der Waals surface area contributed by atoms with Crippen molar-refractivity contribution in [2.45, 2.75) is 53.9 Å². The highest BCUT2D eigenvalue weighted by atomic mass is 16.1. The van der Waals surface area contributed by atoms with Crippen LogP contribution >= 0.6 is 0 Å². The Morgan fingerprint density at radius 1 is 1.29 bits per heavy atom. The molecular formula is C12H23NO. The third-order valence-corrected chi connectivity index (χ3v) is 3.09. The molecule has 0 spiro atoms. The summed E-state index contributed by atoms with van der Waals surface area (Å²) in [5, 5.41) is 2.98. The van der Waals surface area contributed by atoms with Crippen molar-refractivity contribution in [3.8, 4) is 0 Å². The second kappa shape index (κ2) is 5.84. The molecule has 0 heterocycles. The van der Waals surface area contributed by atoms with E-state index in [1.54, 1.807) is 0 Å². The Balaban J connectivity index is 4.64. The fourth-order valence-electron chi connectivity index (χ4n) is 1.44. The number of rotatable bonds is 5. The van der Waals surface area contributed by atoms with Crippen LogP contribution in [0.15, 0.2) is 11.8 Å². The third-order valence-electron chi connectivity index (χ3n) is 3.09. The first-order chi connectivity index (χ1) is 6.53. The molecule has 0 aromatic rings.